The third kappa shape index (κ3) is 7.01. The number of nitrogens with zero attached hydrogens (tertiary/aromatic N) is 1. The number of aliphatic hydroxyl groups is 1. The quantitative estimate of drug-likeness (QED) is 0.181. The second-order valence-corrected chi connectivity index (χ2v) is 25.3. The number of hydrogen-bond donors (Lipinski definition) is 1. The SMILES string of the molecule is CCCC[C@@]1(O)c2ccccc2C(=O)N1[C@@H](CCc1ccccc1)[Sn]([CH2]CCC)([CH2]CCC)[CH2]CCC. The summed E-state index contributed by atoms with van der Waals surface area (Å²) in [6.45, 7) is 9.10. The Morgan fingerprint density at radius 2 is 1.32 bits per heavy atom. The summed E-state index contributed by atoms with van der Waals surface area (Å²) in [7, 11) is 0. The number of rotatable bonds is 17. The van der Waals surface area contributed by atoms with E-state index < -0.39 is 24.1 Å². The molecular formula is C33H51NO2Sn. The van der Waals surface area contributed by atoms with E-state index in [9.17, 15) is 9.90 Å². The number of aryl methyl sites for hydroxylation is 1. The number of unbranched alkanes of at least 4 members (excludes halogenated alkanes) is 4. The summed E-state index contributed by atoms with van der Waals surface area (Å²) in [4.78, 5) is 16.4. The summed E-state index contributed by atoms with van der Waals surface area (Å²) in [5.41, 5.74) is 1.74. The molecule has 2 aromatic rings. The Balaban J connectivity index is 2.15. The molecule has 1 aliphatic heterocycles. The molecule has 3 nitrogen and oxygen atoms in total. The molecule has 0 fully saturated rings. The fraction of sp³-hybridized carbons (Fsp3) is 0.606. The van der Waals surface area contributed by atoms with Crippen molar-refractivity contribution < 1.29 is 9.90 Å². The topological polar surface area (TPSA) is 40.5 Å². The van der Waals surface area contributed by atoms with Gasteiger partial charge in [-0.15, -0.1) is 0 Å². The van der Waals surface area contributed by atoms with E-state index in [1.54, 1.807) is 0 Å². The van der Waals surface area contributed by atoms with Crippen molar-refractivity contribution in [3.63, 3.8) is 0 Å². The Bertz CT molecular complexity index is 940. The molecule has 0 saturated heterocycles. The van der Waals surface area contributed by atoms with Gasteiger partial charge in [0.1, 0.15) is 0 Å². The summed E-state index contributed by atoms with van der Waals surface area (Å²) in [6.07, 6.45) is 11.9. The molecule has 4 heteroatoms. The van der Waals surface area contributed by atoms with Gasteiger partial charge in [0.05, 0.1) is 0 Å². The predicted octanol–water partition coefficient (Wildman–Crippen LogP) is 8.87. The summed E-state index contributed by atoms with van der Waals surface area (Å²) in [6, 6.07) is 18.7. The van der Waals surface area contributed by atoms with Crippen LogP contribution < -0.4 is 0 Å². The predicted molar refractivity (Wildman–Crippen MR) is 159 cm³/mol. The molecule has 0 unspecified atom stereocenters. The fourth-order valence-electron chi connectivity index (χ4n) is 6.64. The third-order valence-electron chi connectivity index (χ3n) is 8.74. The normalized spacial score (nSPS) is 18.3. The molecule has 1 heterocycles. The van der Waals surface area contributed by atoms with Crippen LogP contribution in [0.2, 0.25) is 13.3 Å². The second kappa shape index (κ2) is 14.7. The van der Waals surface area contributed by atoms with E-state index in [1.807, 2.05) is 24.3 Å². The summed E-state index contributed by atoms with van der Waals surface area (Å²) < 4.78 is 4.19. The fourth-order valence-corrected chi connectivity index (χ4v) is 25.4. The summed E-state index contributed by atoms with van der Waals surface area (Å²) >= 11 is -2.98. The van der Waals surface area contributed by atoms with Crippen LogP contribution in [0.3, 0.4) is 0 Å². The van der Waals surface area contributed by atoms with Crippen molar-refractivity contribution in [3.8, 4) is 0 Å². The van der Waals surface area contributed by atoms with Crippen molar-refractivity contribution in [2.24, 2.45) is 0 Å². The molecular weight excluding hydrogens is 561 g/mol. The van der Waals surface area contributed by atoms with Gasteiger partial charge < -0.3 is 0 Å². The summed E-state index contributed by atoms with van der Waals surface area (Å²) in [5, 5.41) is 12.6. The van der Waals surface area contributed by atoms with Crippen molar-refractivity contribution >= 4 is 24.3 Å². The zero-order valence-corrected chi connectivity index (χ0v) is 26.8. The van der Waals surface area contributed by atoms with Crippen LogP contribution in [0.4, 0.5) is 0 Å². The van der Waals surface area contributed by atoms with E-state index in [4.69, 9.17) is 0 Å². The van der Waals surface area contributed by atoms with E-state index in [1.165, 1.54) is 57.4 Å². The average Bonchev–Trinajstić information content (AvgIpc) is 3.15. The van der Waals surface area contributed by atoms with Crippen molar-refractivity contribution in [1.82, 2.24) is 4.90 Å². The van der Waals surface area contributed by atoms with Crippen molar-refractivity contribution in [2.75, 3.05) is 0 Å². The van der Waals surface area contributed by atoms with Crippen LogP contribution in [-0.4, -0.2) is 38.3 Å². The van der Waals surface area contributed by atoms with Gasteiger partial charge >= 0.3 is 232 Å². The molecule has 0 bridgehead atoms. The van der Waals surface area contributed by atoms with Crippen molar-refractivity contribution in [1.29, 1.82) is 0 Å². The van der Waals surface area contributed by atoms with Crippen LogP contribution in [0.1, 0.15) is 113 Å². The zero-order valence-electron chi connectivity index (χ0n) is 24.0. The summed E-state index contributed by atoms with van der Waals surface area (Å²) in [5.74, 6) is 0.0813. The van der Waals surface area contributed by atoms with Gasteiger partial charge in [0.2, 0.25) is 0 Å². The van der Waals surface area contributed by atoms with Crippen molar-refractivity contribution in [2.45, 2.75) is 121 Å². The van der Waals surface area contributed by atoms with Crippen LogP contribution in [0, 0.1) is 0 Å². The number of hydrogen-bond acceptors (Lipinski definition) is 2. The number of carbonyl (C=O) groups is 1. The van der Waals surface area contributed by atoms with E-state index >= 15 is 0 Å². The monoisotopic (exact) mass is 613 g/mol. The first-order valence-corrected chi connectivity index (χ1v) is 22.9. The molecule has 1 N–H and O–H groups in total. The van der Waals surface area contributed by atoms with Gasteiger partial charge in [0, 0.05) is 0 Å². The minimum atomic E-state index is -2.98. The molecule has 2 atom stereocenters. The van der Waals surface area contributed by atoms with Gasteiger partial charge in [-0.05, 0) is 0 Å². The van der Waals surface area contributed by atoms with Crippen LogP contribution >= 0.6 is 0 Å². The van der Waals surface area contributed by atoms with Gasteiger partial charge in [0.25, 0.3) is 0 Å². The Morgan fingerprint density at radius 1 is 0.784 bits per heavy atom. The molecule has 37 heavy (non-hydrogen) atoms. The van der Waals surface area contributed by atoms with E-state index in [-0.39, 0.29) is 9.96 Å². The first-order valence-electron chi connectivity index (χ1n) is 15.2. The maximum absolute atomic E-state index is 14.3. The number of benzene rings is 2. The first kappa shape index (κ1) is 30.2. The van der Waals surface area contributed by atoms with E-state index in [0.29, 0.717) is 6.42 Å². The Morgan fingerprint density at radius 3 is 1.89 bits per heavy atom. The third-order valence-corrected chi connectivity index (χ3v) is 25.9. The molecule has 0 saturated carbocycles. The Labute approximate surface area is 230 Å². The van der Waals surface area contributed by atoms with Gasteiger partial charge in [-0.25, -0.2) is 0 Å². The molecule has 0 radical (unpaired) electrons. The van der Waals surface area contributed by atoms with Gasteiger partial charge in [-0.2, -0.15) is 0 Å². The Kier molecular flexibility index (Phi) is 12.0. The zero-order chi connectivity index (χ0) is 26.7. The van der Waals surface area contributed by atoms with Crippen LogP contribution in [0.25, 0.3) is 0 Å². The Hall–Kier alpha value is -1.33. The molecule has 0 aliphatic carbocycles. The maximum atomic E-state index is 14.3. The van der Waals surface area contributed by atoms with Crippen LogP contribution in [-0.2, 0) is 12.1 Å². The second-order valence-electron chi connectivity index (χ2n) is 11.4. The minimum absolute atomic E-state index is 0.0813. The van der Waals surface area contributed by atoms with Crippen molar-refractivity contribution in [3.05, 3.63) is 71.3 Å². The number of amides is 1. The molecule has 0 spiro atoms. The number of carbonyl (C=O) groups excluding carboxylic acids is 1. The standard InChI is InChI=1S/C21H24NO2.3C4H9.Sn/c1-2-3-15-21(24)19-14-8-7-13-18(19)20(23)22(21)16-9-12-17-10-5-4-6-11-17;3*1-3-4-2;/h4-8,10-11,13-14,16,24H,2-3,9,12,15H2,1H3;3*1,3-4H2,2H3;/t21-;;;;/m1..../s1. The molecule has 0 aromatic heterocycles. The first-order chi connectivity index (χ1) is 18.0. The molecule has 1 amide bonds. The molecule has 3 rings (SSSR count). The van der Waals surface area contributed by atoms with Crippen LogP contribution in [0.15, 0.2) is 54.6 Å². The molecule has 204 valence electrons. The van der Waals surface area contributed by atoms with Gasteiger partial charge in [-0.3, -0.25) is 0 Å². The molecule has 1 aliphatic rings. The van der Waals surface area contributed by atoms with Crippen LogP contribution in [0.5, 0.6) is 0 Å². The van der Waals surface area contributed by atoms with E-state index in [0.717, 1.165) is 36.8 Å². The van der Waals surface area contributed by atoms with Gasteiger partial charge in [-0.1, -0.05) is 0 Å². The average molecular weight is 612 g/mol. The van der Waals surface area contributed by atoms with E-state index in [2.05, 4.69) is 62.9 Å². The number of fused-ring (bicyclic) bond motifs is 1. The molecule has 2 aromatic carbocycles. The van der Waals surface area contributed by atoms with Gasteiger partial charge in [0.15, 0.2) is 0 Å².